The molecule has 6 heteroatoms. The Balaban J connectivity index is 2.93. The van der Waals surface area contributed by atoms with Crippen LogP contribution in [-0.4, -0.2) is 23.4 Å². The van der Waals surface area contributed by atoms with Crippen molar-refractivity contribution in [2.75, 3.05) is 5.88 Å². The van der Waals surface area contributed by atoms with Crippen molar-refractivity contribution in [2.24, 2.45) is 0 Å². The summed E-state index contributed by atoms with van der Waals surface area (Å²) < 4.78 is 27.9. The van der Waals surface area contributed by atoms with Crippen LogP contribution < -0.4 is 4.74 Å². The number of ether oxygens (including phenoxy) is 1. The number of benzene rings is 1. The van der Waals surface area contributed by atoms with Gasteiger partial charge < -0.3 is 9.84 Å². The smallest absolute Gasteiger partial charge is 0.387 e. The monoisotopic (exact) mass is 250 g/mol. The van der Waals surface area contributed by atoms with Crippen LogP contribution >= 0.6 is 11.6 Å². The van der Waals surface area contributed by atoms with Crippen molar-refractivity contribution in [2.45, 2.75) is 13.0 Å². The first-order valence-corrected chi connectivity index (χ1v) is 4.94. The fourth-order valence-corrected chi connectivity index (χ4v) is 1.32. The third kappa shape index (κ3) is 3.66. The molecular formula is C10H9ClF2O3. The number of phenolic OH excluding ortho intramolecular Hbond substituents is 1. The number of aromatic hydroxyl groups is 1. The first-order valence-electron chi connectivity index (χ1n) is 4.41. The van der Waals surface area contributed by atoms with Crippen molar-refractivity contribution in [3.8, 4) is 11.5 Å². The Labute approximate surface area is 95.6 Å². The molecule has 0 spiro atoms. The molecule has 0 saturated carbocycles. The van der Waals surface area contributed by atoms with Gasteiger partial charge in [-0.2, -0.15) is 8.78 Å². The summed E-state index contributed by atoms with van der Waals surface area (Å²) in [6.45, 7) is -3.00. The van der Waals surface area contributed by atoms with Gasteiger partial charge in [-0.15, -0.1) is 11.6 Å². The van der Waals surface area contributed by atoms with Gasteiger partial charge in [-0.25, -0.2) is 0 Å². The Morgan fingerprint density at radius 3 is 2.69 bits per heavy atom. The molecule has 0 bridgehead atoms. The number of phenols is 1. The van der Waals surface area contributed by atoms with Crippen molar-refractivity contribution < 1.29 is 23.4 Å². The number of halogens is 3. The van der Waals surface area contributed by atoms with Gasteiger partial charge in [0.05, 0.1) is 0 Å². The van der Waals surface area contributed by atoms with Gasteiger partial charge in [0, 0.05) is 23.9 Å². The predicted molar refractivity (Wildman–Crippen MR) is 54.4 cm³/mol. The summed E-state index contributed by atoms with van der Waals surface area (Å²) in [6, 6.07) is 3.32. The van der Waals surface area contributed by atoms with Crippen molar-refractivity contribution in [1.29, 1.82) is 0 Å². The molecule has 0 radical (unpaired) electrons. The number of hydrogen-bond donors (Lipinski definition) is 1. The molecule has 0 heterocycles. The van der Waals surface area contributed by atoms with E-state index < -0.39 is 6.61 Å². The van der Waals surface area contributed by atoms with Crippen molar-refractivity contribution in [3.05, 3.63) is 23.8 Å². The predicted octanol–water partition coefficient (Wildman–Crippen LogP) is 2.81. The lowest BCUT2D eigenvalue weighted by atomic mass is 10.1. The van der Waals surface area contributed by atoms with Gasteiger partial charge in [-0.1, -0.05) is 0 Å². The van der Waals surface area contributed by atoms with Crippen LogP contribution in [0.4, 0.5) is 8.78 Å². The van der Waals surface area contributed by atoms with Gasteiger partial charge >= 0.3 is 6.61 Å². The van der Waals surface area contributed by atoms with E-state index in [1.54, 1.807) is 0 Å². The summed E-state index contributed by atoms with van der Waals surface area (Å²) >= 11 is 5.38. The lowest BCUT2D eigenvalue weighted by Gasteiger charge is -2.07. The fourth-order valence-electron chi connectivity index (χ4n) is 1.15. The third-order valence-corrected chi connectivity index (χ3v) is 1.95. The molecule has 1 aromatic carbocycles. The molecule has 0 aliphatic heterocycles. The molecule has 0 aliphatic carbocycles. The quantitative estimate of drug-likeness (QED) is 0.646. The van der Waals surface area contributed by atoms with Gasteiger partial charge in [-0.3, -0.25) is 4.79 Å². The summed E-state index contributed by atoms with van der Waals surface area (Å²) in [5.74, 6) is -0.784. The SMILES string of the molecule is O=C(CCCl)c1cc(O)cc(OC(F)F)c1. The number of ketones is 1. The molecule has 0 aliphatic rings. The summed E-state index contributed by atoms with van der Waals surface area (Å²) in [5.41, 5.74) is 0.0938. The molecule has 16 heavy (non-hydrogen) atoms. The zero-order valence-corrected chi connectivity index (χ0v) is 8.88. The van der Waals surface area contributed by atoms with Crippen LogP contribution in [-0.2, 0) is 0 Å². The van der Waals surface area contributed by atoms with Crippen LogP contribution in [0.5, 0.6) is 11.5 Å². The molecule has 0 fully saturated rings. The number of carbonyl (C=O) groups is 1. The van der Waals surface area contributed by atoms with Crippen LogP contribution in [0.2, 0.25) is 0 Å². The Morgan fingerprint density at radius 2 is 2.12 bits per heavy atom. The van der Waals surface area contributed by atoms with Crippen LogP contribution in [0.1, 0.15) is 16.8 Å². The van der Waals surface area contributed by atoms with E-state index in [0.29, 0.717) is 0 Å². The van der Waals surface area contributed by atoms with E-state index in [9.17, 15) is 18.7 Å². The summed E-state index contributed by atoms with van der Waals surface area (Å²) in [6.07, 6.45) is 0.0686. The summed E-state index contributed by atoms with van der Waals surface area (Å²) in [4.78, 5) is 11.4. The topological polar surface area (TPSA) is 46.5 Å². The minimum atomic E-state index is -3.00. The molecule has 1 aromatic rings. The van der Waals surface area contributed by atoms with Crippen LogP contribution in [0, 0.1) is 0 Å². The van der Waals surface area contributed by atoms with Gasteiger partial charge in [0.15, 0.2) is 5.78 Å². The fraction of sp³-hybridized carbons (Fsp3) is 0.300. The highest BCUT2D eigenvalue weighted by Crippen LogP contribution is 2.24. The van der Waals surface area contributed by atoms with Crippen LogP contribution in [0.15, 0.2) is 18.2 Å². The van der Waals surface area contributed by atoms with Gasteiger partial charge in [-0.05, 0) is 12.1 Å². The van der Waals surface area contributed by atoms with E-state index in [1.165, 1.54) is 6.07 Å². The number of rotatable bonds is 5. The molecule has 0 aromatic heterocycles. The number of carbonyl (C=O) groups excluding carboxylic acids is 1. The second-order valence-electron chi connectivity index (χ2n) is 2.96. The first kappa shape index (κ1) is 12.7. The lowest BCUT2D eigenvalue weighted by Crippen LogP contribution is -2.04. The number of Topliss-reactive ketones (excluding diaryl/α,β-unsaturated/α-hetero) is 1. The molecule has 3 nitrogen and oxygen atoms in total. The standard InChI is InChI=1S/C10H9ClF2O3/c11-2-1-9(15)6-3-7(14)5-8(4-6)16-10(12)13/h3-5,10,14H,1-2H2. The van der Waals surface area contributed by atoms with Gasteiger partial charge in [0.1, 0.15) is 11.5 Å². The minimum absolute atomic E-state index is 0.0686. The number of hydrogen-bond acceptors (Lipinski definition) is 3. The first-order chi connectivity index (χ1) is 7.52. The van der Waals surface area contributed by atoms with E-state index in [2.05, 4.69) is 4.74 Å². The van der Waals surface area contributed by atoms with Gasteiger partial charge in [0.25, 0.3) is 0 Å². The zero-order valence-electron chi connectivity index (χ0n) is 8.12. The normalized spacial score (nSPS) is 10.5. The molecule has 0 amide bonds. The third-order valence-electron chi connectivity index (χ3n) is 1.76. The number of alkyl halides is 3. The highest BCUT2D eigenvalue weighted by molar-refractivity contribution is 6.19. The maximum absolute atomic E-state index is 11.9. The largest absolute Gasteiger partial charge is 0.508 e. The summed E-state index contributed by atoms with van der Waals surface area (Å²) in [7, 11) is 0. The maximum atomic E-state index is 11.9. The highest BCUT2D eigenvalue weighted by atomic mass is 35.5. The second kappa shape index (κ2) is 5.65. The molecule has 1 N–H and O–H groups in total. The zero-order chi connectivity index (χ0) is 12.1. The summed E-state index contributed by atoms with van der Waals surface area (Å²) in [5, 5.41) is 9.21. The maximum Gasteiger partial charge on any atom is 0.387 e. The van der Waals surface area contributed by atoms with E-state index in [0.717, 1.165) is 12.1 Å². The molecular weight excluding hydrogens is 242 g/mol. The van der Waals surface area contributed by atoms with E-state index in [-0.39, 0.29) is 35.1 Å². The highest BCUT2D eigenvalue weighted by Gasteiger charge is 2.11. The van der Waals surface area contributed by atoms with Crippen molar-refractivity contribution >= 4 is 17.4 Å². The Hall–Kier alpha value is -1.36. The molecule has 1 rings (SSSR count). The average Bonchev–Trinajstić information content (AvgIpc) is 2.15. The van der Waals surface area contributed by atoms with E-state index in [4.69, 9.17) is 11.6 Å². The molecule has 0 unspecified atom stereocenters. The van der Waals surface area contributed by atoms with Crippen LogP contribution in [0.3, 0.4) is 0 Å². The van der Waals surface area contributed by atoms with Gasteiger partial charge in [0.2, 0.25) is 0 Å². The Bertz CT molecular complexity index is 382. The van der Waals surface area contributed by atoms with E-state index >= 15 is 0 Å². The Kier molecular flexibility index (Phi) is 4.49. The lowest BCUT2D eigenvalue weighted by molar-refractivity contribution is -0.0499. The minimum Gasteiger partial charge on any atom is -0.508 e. The van der Waals surface area contributed by atoms with Crippen molar-refractivity contribution in [1.82, 2.24) is 0 Å². The van der Waals surface area contributed by atoms with Crippen LogP contribution in [0.25, 0.3) is 0 Å². The molecule has 0 atom stereocenters. The molecule has 0 saturated heterocycles. The van der Waals surface area contributed by atoms with E-state index in [1.807, 2.05) is 0 Å². The second-order valence-corrected chi connectivity index (χ2v) is 3.33. The molecule has 88 valence electrons. The van der Waals surface area contributed by atoms with Crippen molar-refractivity contribution in [3.63, 3.8) is 0 Å². The average molecular weight is 251 g/mol. The Morgan fingerprint density at radius 1 is 1.44 bits per heavy atom.